The van der Waals surface area contributed by atoms with Crippen molar-refractivity contribution in [2.24, 2.45) is 7.05 Å². The molecule has 4 nitrogen and oxygen atoms in total. The van der Waals surface area contributed by atoms with E-state index >= 15 is 0 Å². The van der Waals surface area contributed by atoms with Crippen molar-refractivity contribution in [2.45, 2.75) is 25.4 Å². The number of aryl methyl sites for hydroxylation is 1. The molecule has 3 rings (SSSR count). The highest BCUT2D eigenvalue weighted by molar-refractivity contribution is 5.85. The summed E-state index contributed by atoms with van der Waals surface area (Å²) < 4.78 is 0. The summed E-state index contributed by atoms with van der Waals surface area (Å²) in [6.45, 7) is 0.808. The van der Waals surface area contributed by atoms with Crippen molar-refractivity contribution >= 4 is 12.4 Å². The Balaban J connectivity index is 0.00000120. The molecule has 1 aliphatic carbocycles. The first-order valence-electron chi connectivity index (χ1n) is 6.02. The standard InChI is InChI=1S/C13H16N4.ClH/c1-17-15-12(9-14-11-7-8-11)13(16-17)10-5-3-2-4-6-10;/h2-6,11,14H,7-9H2,1H3;1H. The molecule has 0 atom stereocenters. The normalized spacial score (nSPS) is 14.3. The molecule has 1 fully saturated rings. The Morgan fingerprint density at radius 2 is 1.94 bits per heavy atom. The molecule has 0 amide bonds. The summed E-state index contributed by atoms with van der Waals surface area (Å²) in [7, 11) is 1.87. The van der Waals surface area contributed by atoms with Gasteiger partial charge in [0.2, 0.25) is 0 Å². The highest BCUT2D eigenvalue weighted by atomic mass is 35.5. The van der Waals surface area contributed by atoms with E-state index in [4.69, 9.17) is 0 Å². The zero-order valence-electron chi connectivity index (χ0n) is 10.3. The van der Waals surface area contributed by atoms with Gasteiger partial charge < -0.3 is 5.32 Å². The number of rotatable bonds is 4. The number of nitrogens with one attached hydrogen (secondary N) is 1. The largest absolute Gasteiger partial charge is 0.308 e. The zero-order valence-corrected chi connectivity index (χ0v) is 11.2. The molecule has 1 saturated carbocycles. The molecule has 96 valence electrons. The molecule has 0 unspecified atom stereocenters. The molecular weight excluding hydrogens is 248 g/mol. The van der Waals surface area contributed by atoms with Gasteiger partial charge in [0.25, 0.3) is 0 Å². The first-order valence-corrected chi connectivity index (χ1v) is 6.02. The zero-order chi connectivity index (χ0) is 11.7. The first kappa shape index (κ1) is 13.1. The maximum absolute atomic E-state index is 4.44. The number of nitrogens with zero attached hydrogens (tertiary/aromatic N) is 3. The van der Waals surface area contributed by atoms with Crippen LogP contribution in [0.25, 0.3) is 11.3 Å². The predicted octanol–water partition coefficient (Wildman–Crippen LogP) is 2.16. The molecule has 18 heavy (non-hydrogen) atoms. The third kappa shape index (κ3) is 2.89. The maximum atomic E-state index is 4.44. The molecule has 0 spiro atoms. The third-order valence-corrected chi connectivity index (χ3v) is 2.97. The van der Waals surface area contributed by atoms with Gasteiger partial charge in [0.05, 0.1) is 0 Å². The van der Waals surface area contributed by atoms with Crippen molar-refractivity contribution in [3.63, 3.8) is 0 Å². The Hall–Kier alpha value is -1.39. The van der Waals surface area contributed by atoms with Gasteiger partial charge in [-0.1, -0.05) is 30.3 Å². The van der Waals surface area contributed by atoms with E-state index in [0.717, 1.165) is 23.5 Å². The Bertz CT molecular complexity index is 505. The quantitative estimate of drug-likeness (QED) is 0.920. The lowest BCUT2D eigenvalue weighted by molar-refractivity contribution is 0.622. The van der Waals surface area contributed by atoms with Gasteiger partial charge in [-0.25, -0.2) is 0 Å². The SMILES string of the molecule is Cl.Cn1nc(CNC2CC2)c(-c2ccccc2)n1. The van der Waals surface area contributed by atoms with Gasteiger partial charge in [-0.05, 0) is 12.8 Å². The summed E-state index contributed by atoms with van der Waals surface area (Å²) in [4.78, 5) is 1.65. The molecule has 1 N–H and O–H groups in total. The van der Waals surface area contributed by atoms with E-state index in [2.05, 4.69) is 27.6 Å². The molecular formula is C13H17ClN4. The van der Waals surface area contributed by atoms with Crippen LogP contribution in [0.4, 0.5) is 0 Å². The molecule has 0 aliphatic heterocycles. The van der Waals surface area contributed by atoms with Gasteiger partial charge in [-0.3, -0.25) is 0 Å². The van der Waals surface area contributed by atoms with Crippen LogP contribution < -0.4 is 5.32 Å². The minimum Gasteiger partial charge on any atom is -0.308 e. The fourth-order valence-corrected chi connectivity index (χ4v) is 1.91. The molecule has 0 bridgehead atoms. The van der Waals surface area contributed by atoms with Gasteiger partial charge in [0.1, 0.15) is 11.4 Å². The summed E-state index contributed by atoms with van der Waals surface area (Å²) >= 11 is 0. The van der Waals surface area contributed by atoms with Crippen LogP contribution in [0.2, 0.25) is 0 Å². The maximum Gasteiger partial charge on any atom is 0.117 e. The van der Waals surface area contributed by atoms with Crippen molar-refractivity contribution < 1.29 is 0 Å². The van der Waals surface area contributed by atoms with Crippen LogP contribution in [0.3, 0.4) is 0 Å². The fraction of sp³-hybridized carbons (Fsp3) is 0.385. The highest BCUT2D eigenvalue weighted by Crippen LogP contribution is 2.22. The van der Waals surface area contributed by atoms with Crippen molar-refractivity contribution in [3.05, 3.63) is 36.0 Å². The Morgan fingerprint density at radius 1 is 1.22 bits per heavy atom. The van der Waals surface area contributed by atoms with E-state index in [9.17, 15) is 0 Å². The molecule has 0 saturated heterocycles. The van der Waals surface area contributed by atoms with E-state index in [1.807, 2.05) is 25.2 Å². The molecule has 1 heterocycles. The second-order valence-corrected chi connectivity index (χ2v) is 4.51. The molecule has 0 radical (unpaired) electrons. The average Bonchev–Trinajstić information content (AvgIpc) is 3.11. The first-order chi connectivity index (χ1) is 8.33. The van der Waals surface area contributed by atoms with E-state index in [-0.39, 0.29) is 12.4 Å². The van der Waals surface area contributed by atoms with Crippen LogP contribution in [0.1, 0.15) is 18.5 Å². The van der Waals surface area contributed by atoms with Crippen LogP contribution >= 0.6 is 12.4 Å². The predicted molar refractivity (Wildman–Crippen MR) is 73.5 cm³/mol. The van der Waals surface area contributed by atoms with E-state index in [0.29, 0.717) is 6.04 Å². The third-order valence-electron chi connectivity index (χ3n) is 2.97. The summed E-state index contributed by atoms with van der Waals surface area (Å²) in [5, 5.41) is 12.4. The molecule has 2 aromatic rings. The van der Waals surface area contributed by atoms with E-state index < -0.39 is 0 Å². The number of benzene rings is 1. The van der Waals surface area contributed by atoms with Crippen LogP contribution in [-0.4, -0.2) is 21.0 Å². The van der Waals surface area contributed by atoms with Crippen LogP contribution in [0.5, 0.6) is 0 Å². The fourth-order valence-electron chi connectivity index (χ4n) is 1.91. The van der Waals surface area contributed by atoms with Crippen molar-refractivity contribution in [1.82, 2.24) is 20.3 Å². The second-order valence-electron chi connectivity index (χ2n) is 4.51. The molecule has 1 aromatic carbocycles. The lowest BCUT2D eigenvalue weighted by Gasteiger charge is -2.01. The topological polar surface area (TPSA) is 42.7 Å². The number of hydrogen-bond donors (Lipinski definition) is 1. The summed E-state index contributed by atoms with van der Waals surface area (Å²) in [5.41, 5.74) is 3.15. The average molecular weight is 265 g/mol. The van der Waals surface area contributed by atoms with Gasteiger partial charge in [0.15, 0.2) is 0 Å². The Morgan fingerprint density at radius 3 is 2.61 bits per heavy atom. The molecule has 1 aromatic heterocycles. The molecule has 1 aliphatic rings. The van der Waals surface area contributed by atoms with E-state index in [1.165, 1.54) is 12.8 Å². The van der Waals surface area contributed by atoms with Crippen LogP contribution in [0, 0.1) is 0 Å². The van der Waals surface area contributed by atoms with Gasteiger partial charge >= 0.3 is 0 Å². The number of hydrogen-bond acceptors (Lipinski definition) is 3. The number of halogens is 1. The summed E-state index contributed by atoms with van der Waals surface area (Å²) in [6, 6.07) is 10.9. The minimum atomic E-state index is 0. The van der Waals surface area contributed by atoms with Crippen molar-refractivity contribution in [3.8, 4) is 11.3 Å². The van der Waals surface area contributed by atoms with Crippen molar-refractivity contribution in [1.29, 1.82) is 0 Å². The van der Waals surface area contributed by atoms with E-state index in [1.54, 1.807) is 4.80 Å². The van der Waals surface area contributed by atoms with Crippen LogP contribution in [0.15, 0.2) is 30.3 Å². The van der Waals surface area contributed by atoms with Gasteiger partial charge in [-0.2, -0.15) is 15.0 Å². The highest BCUT2D eigenvalue weighted by Gasteiger charge is 2.21. The van der Waals surface area contributed by atoms with Gasteiger partial charge in [0, 0.05) is 25.2 Å². The van der Waals surface area contributed by atoms with Crippen molar-refractivity contribution in [2.75, 3.05) is 0 Å². The summed E-state index contributed by atoms with van der Waals surface area (Å²) in [6.07, 6.45) is 2.59. The monoisotopic (exact) mass is 264 g/mol. The number of aromatic nitrogens is 3. The van der Waals surface area contributed by atoms with Gasteiger partial charge in [-0.15, -0.1) is 12.4 Å². The second kappa shape index (κ2) is 5.50. The molecule has 5 heteroatoms. The lowest BCUT2D eigenvalue weighted by atomic mass is 10.1. The van der Waals surface area contributed by atoms with Crippen LogP contribution in [-0.2, 0) is 13.6 Å². The smallest absolute Gasteiger partial charge is 0.117 e. The summed E-state index contributed by atoms with van der Waals surface area (Å²) in [5.74, 6) is 0. The Kier molecular flexibility index (Phi) is 3.99. The Labute approximate surface area is 113 Å². The minimum absolute atomic E-state index is 0. The lowest BCUT2D eigenvalue weighted by Crippen LogP contribution is -2.16.